The molecule has 3 heterocycles. The summed E-state index contributed by atoms with van der Waals surface area (Å²) < 4.78 is 0. The smallest absolute Gasteiger partial charge is 0.187 e. The Morgan fingerprint density at radius 3 is 2.73 bits per heavy atom. The number of nitrogens with zero attached hydrogens (tertiary/aromatic N) is 2. The summed E-state index contributed by atoms with van der Waals surface area (Å²) in [5.41, 5.74) is 1.29. The second-order valence-electron chi connectivity index (χ2n) is 6.11. The molecule has 1 aliphatic rings. The Hall–Kier alpha value is -1.46. The fourth-order valence-corrected chi connectivity index (χ4v) is 4.17. The summed E-state index contributed by atoms with van der Waals surface area (Å²) in [5.74, 6) is 1.94. The third kappa shape index (κ3) is 3.15. The standard InChI is InChI=1S/C17H24N4S/c1-4-8-18-16-15-12(2)13(3)22-17(15)20-14(19-16)11-21-9-6-5-7-10-21/h4H,1,5-11H2,2-3H3,(H,18,19,20)/p+1. The molecule has 1 aliphatic heterocycles. The molecule has 1 saturated heterocycles. The lowest BCUT2D eigenvalue weighted by atomic mass is 10.1. The highest BCUT2D eigenvalue weighted by Gasteiger charge is 2.19. The summed E-state index contributed by atoms with van der Waals surface area (Å²) in [4.78, 5) is 13.7. The van der Waals surface area contributed by atoms with Crippen LogP contribution in [0, 0.1) is 13.8 Å². The van der Waals surface area contributed by atoms with Gasteiger partial charge in [0.2, 0.25) is 0 Å². The zero-order chi connectivity index (χ0) is 15.5. The van der Waals surface area contributed by atoms with Gasteiger partial charge in [-0.15, -0.1) is 17.9 Å². The number of anilines is 1. The lowest BCUT2D eigenvalue weighted by Crippen LogP contribution is -3.11. The summed E-state index contributed by atoms with van der Waals surface area (Å²) in [6.45, 7) is 12.3. The minimum Gasteiger partial charge on any atom is -0.366 e. The van der Waals surface area contributed by atoms with Crippen LogP contribution in [-0.4, -0.2) is 29.6 Å². The van der Waals surface area contributed by atoms with Gasteiger partial charge in [0.05, 0.1) is 18.5 Å². The summed E-state index contributed by atoms with van der Waals surface area (Å²) in [7, 11) is 0. The van der Waals surface area contributed by atoms with E-state index in [4.69, 9.17) is 9.97 Å². The molecular weight excluding hydrogens is 292 g/mol. The monoisotopic (exact) mass is 317 g/mol. The molecule has 2 aromatic heterocycles. The van der Waals surface area contributed by atoms with Crippen LogP contribution < -0.4 is 10.2 Å². The average molecular weight is 317 g/mol. The number of nitrogens with one attached hydrogen (secondary N) is 2. The number of rotatable bonds is 5. The maximum absolute atomic E-state index is 4.84. The number of fused-ring (bicyclic) bond motifs is 1. The number of hydrogen-bond acceptors (Lipinski definition) is 4. The molecule has 2 N–H and O–H groups in total. The van der Waals surface area contributed by atoms with Gasteiger partial charge in [-0.3, -0.25) is 0 Å². The Morgan fingerprint density at radius 2 is 2.00 bits per heavy atom. The van der Waals surface area contributed by atoms with Crippen LogP contribution in [0.3, 0.4) is 0 Å². The van der Waals surface area contributed by atoms with Gasteiger partial charge in [0.15, 0.2) is 5.82 Å². The second-order valence-corrected chi connectivity index (χ2v) is 7.31. The molecule has 0 bridgehead atoms. The maximum atomic E-state index is 4.84. The Kier molecular flexibility index (Phi) is 4.74. The van der Waals surface area contributed by atoms with Gasteiger partial charge in [-0.25, -0.2) is 9.97 Å². The van der Waals surface area contributed by atoms with Gasteiger partial charge in [-0.2, -0.15) is 0 Å². The molecule has 0 amide bonds. The molecule has 4 nitrogen and oxygen atoms in total. The lowest BCUT2D eigenvalue weighted by molar-refractivity contribution is -0.919. The molecule has 22 heavy (non-hydrogen) atoms. The highest BCUT2D eigenvalue weighted by molar-refractivity contribution is 7.18. The zero-order valence-electron chi connectivity index (χ0n) is 13.5. The predicted molar refractivity (Wildman–Crippen MR) is 93.8 cm³/mol. The van der Waals surface area contributed by atoms with Crippen LogP contribution in [0.4, 0.5) is 5.82 Å². The van der Waals surface area contributed by atoms with Crippen molar-refractivity contribution in [2.45, 2.75) is 39.7 Å². The number of quaternary nitrogens is 1. The Bertz CT molecular complexity index is 671. The van der Waals surface area contributed by atoms with E-state index in [0.717, 1.165) is 29.6 Å². The van der Waals surface area contributed by atoms with Crippen molar-refractivity contribution in [1.82, 2.24) is 9.97 Å². The molecule has 0 unspecified atom stereocenters. The number of piperidine rings is 1. The van der Waals surface area contributed by atoms with E-state index in [1.54, 1.807) is 16.2 Å². The van der Waals surface area contributed by atoms with Crippen molar-refractivity contribution in [1.29, 1.82) is 0 Å². The minimum atomic E-state index is 0.733. The highest BCUT2D eigenvalue weighted by atomic mass is 32.1. The normalized spacial score (nSPS) is 16.1. The van der Waals surface area contributed by atoms with Crippen molar-refractivity contribution in [2.75, 3.05) is 25.0 Å². The maximum Gasteiger partial charge on any atom is 0.187 e. The van der Waals surface area contributed by atoms with Crippen molar-refractivity contribution < 1.29 is 4.90 Å². The molecule has 0 aromatic carbocycles. The lowest BCUT2D eigenvalue weighted by Gasteiger charge is -2.22. The van der Waals surface area contributed by atoms with Crippen LogP contribution in [0.15, 0.2) is 12.7 Å². The van der Waals surface area contributed by atoms with Gasteiger partial charge in [-0.05, 0) is 38.7 Å². The van der Waals surface area contributed by atoms with Crippen LogP contribution in [0.2, 0.25) is 0 Å². The molecule has 0 radical (unpaired) electrons. The van der Waals surface area contributed by atoms with Gasteiger partial charge >= 0.3 is 0 Å². The minimum absolute atomic E-state index is 0.733. The first-order chi connectivity index (χ1) is 10.7. The van der Waals surface area contributed by atoms with Crippen molar-refractivity contribution in [2.24, 2.45) is 0 Å². The van der Waals surface area contributed by atoms with Crippen LogP contribution in [0.25, 0.3) is 10.2 Å². The molecule has 3 rings (SSSR count). The SMILES string of the molecule is C=CCNc1nc(C[NH+]2CCCCC2)nc2sc(C)c(C)c12. The molecule has 0 spiro atoms. The first-order valence-electron chi connectivity index (χ1n) is 8.14. The summed E-state index contributed by atoms with van der Waals surface area (Å²) >= 11 is 1.78. The van der Waals surface area contributed by atoms with Crippen LogP contribution in [0.1, 0.15) is 35.5 Å². The molecule has 1 fully saturated rings. The van der Waals surface area contributed by atoms with Gasteiger partial charge in [0.25, 0.3) is 0 Å². The van der Waals surface area contributed by atoms with E-state index in [1.165, 1.54) is 48.2 Å². The Morgan fingerprint density at radius 1 is 1.23 bits per heavy atom. The Labute approximate surface area is 136 Å². The molecule has 5 heteroatoms. The first-order valence-corrected chi connectivity index (χ1v) is 8.95. The van der Waals surface area contributed by atoms with Crippen LogP contribution in [0.5, 0.6) is 0 Å². The van der Waals surface area contributed by atoms with E-state index < -0.39 is 0 Å². The fourth-order valence-electron chi connectivity index (χ4n) is 3.12. The van der Waals surface area contributed by atoms with E-state index in [9.17, 15) is 0 Å². The molecular formula is C17H25N4S+. The van der Waals surface area contributed by atoms with E-state index in [2.05, 4.69) is 25.7 Å². The van der Waals surface area contributed by atoms with Crippen LogP contribution in [-0.2, 0) is 6.54 Å². The third-order valence-corrected chi connectivity index (χ3v) is 5.56. The van der Waals surface area contributed by atoms with Crippen molar-refractivity contribution in [3.05, 3.63) is 28.9 Å². The van der Waals surface area contributed by atoms with Crippen molar-refractivity contribution >= 4 is 27.4 Å². The van der Waals surface area contributed by atoms with E-state index in [1.807, 2.05) is 6.08 Å². The summed E-state index contributed by atoms with van der Waals surface area (Å²) in [6.07, 6.45) is 5.91. The van der Waals surface area contributed by atoms with Crippen molar-refractivity contribution in [3.63, 3.8) is 0 Å². The van der Waals surface area contributed by atoms with Gasteiger partial charge in [0.1, 0.15) is 17.2 Å². The molecule has 0 aliphatic carbocycles. The number of aryl methyl sites for hydroxylation is 2. The first kappa shape index (κ1) is 15.4. The summed E-state index contributed by atoms with van der Waals surface area (Å²) in [6, 6.07) is 0. The number of likely N-dealkylation sites (tertiary alicyclic amines) is 1. The third-order valence-electron chi connectivity index (χ3n) is 4.46. The largest absolute Gasteiger partial charge is 0.366 e. The fraction of sp³-hybridized carbons (Fsp3) is 0.529. The van der Waals surface area contributed by atoms with E-state index in [0.29, 0.717) is 0 Å². The molecule has 0 saturated carbocycles. The molecule has 2 aromatic rings. The van der Waals surface area contributed by atoms with Crippen LogP contribution >= 0.6 is 11.3 Å². The molecule has 118 valence electrons. The Balaban J connectivity index is 1.94. The van der Waals surface area contributed by atoms with Gasteiger partial charge in [0, 0.05) is 11.4 Å². The van der Waals surface area contributed by atoms with Crippen molar-refractivity contribution in [3.8, 4) is 0 Å². The predicted octanol–water partition coefficient (Wildman–Crippen LogP) is 2.47. The van der Waals surface area contributed by atoms with Gasteiger partial charge < -0.3 is 10.2 Å². The van der Waals surface area contributed by atoms with Gasteiger partial charge in [-0.1, -0.05) is 6.08 Å². The topological polar surface area (TPSA) is 42.2 Å². The van der Waals surface area contributed by atoms with E-state index in [-0.39, 0.29) is 0 Å². The quantitative estimate of drug-likeness (QED) is 0.833. The van der Waals surface area contributed by atoms with E-state index >= 15 is 0 Å². The number of hydrogen-bond donors (Lipinski definition) is 2. The highest BCUT2D eigenvalue weighted by Crippen LogP contribution is 2.33. The molecule has 0 atom stereocenters. The zero-order valence-corrected chi connectivity index (χ0v) is 14.4. The second kappa shape index (κ2) is 6.75. The number of aromatic nitrogens is 2. The summed E-state index contributed by atoms with van der Waals surface area (Å²) in [5, 5.41) is 4.58. The number of thiophene rings is 1. The average Bonchev–Trinajstić information content (AvgIpc) is 2.81.